The molecule has 0 unspecified atom stereocenters. The number of anilines is 1. The second-order valence-electron chi connectivity index (χ2n) is 7.19. The lowest BCUT2D eigenvalue weighted by atomic mass is 10.0. The van der Waals surface area contributed by atoms with Gasteiger partial charge in [0.1, 0.15) is 52.6 Å². The summed E-state index contributed by atoms with van der Waals surface area (Å²) in [6.45, 7) is 2.63. The van der Waals surface area contributed by atoms with Crippen LogP contribution in [0, 0.1) is 0 Å². The third kappa shape index (κ3) is 5.74. The second-order valence-corrected chi connectivity index (χ2v) is 9.93. The Morgan fingerprint density at radius 1 is 1.37 bits per heavy atom. The molecule has 0 aliphatic carbocycles. The van der Waals surface area contributed by atoms with E-state index in [0.29, 0.717) is 0 Å². The molecule has 2 aliphatic rings. The number of esters is 1. The van der Waals surface area contributed by atoms with E-state index in [9.17, 15) is 29.1 Å². The Bertz CT molecular complexity index is 1150. The van der Waals surface area contributed by atoms with E-state index in [1.165, 1.54) is 18.7 Å². The molecule has 35 heavy (non-hydrogen) atoms. The van der Waals surface area contributed by atoms with Crippen molar-refractivity contribution in [1.82, 2.24) is 15.2 Å². The van der Waals surface area contributed by atoms with Gasteiger partial charge in [0.2, 0.25) is 0 Å². The molecule has 0 saturated carbocycles. The van der Waals surface area contributed by atoms with E-state index in [0.717, 1.165) is 16.2 Å². The molecular weight excluding hydrogens is 526 g/mol. The molecule has 2 atom stereocenters. The molecule has 1 aromatic heterocycles. The first kappa shape index (κ1) is 26.4. The highest BCUT2D eigenvalue weighted by atomic mass is 35.5. The van der Waals surface area contributed by atoms with Crippen LogP contribution in [0.5, 0.6) is 0 Å². The third-order valence-electron chi connectivity index (χ3n) is 4.66. The molecule has 16 heteroatoms. The number of fused-ring (bicyclic) bond motifs is 1. The smallest absolute Gasteiger partial charge is 0.352 e. The van der Waals surface area contributed by atoms with Crippen molar-refractivity contribution in [2.24, 2.45) is 5.16 Å². The first-order chi connectivity index (χ1) is 16.5. The van der Waals surface area contributed by atoms with Crippen LogP contribution in [0.1, 0.15) is 26.0 Å². The minimum Gasteiger partial charge on any atom is -0.477 e. The van der Waals surface area contributed by atoms with Gasteiger partial charge in [-0.2, -0.15) is 0 Å². The molecule has 3 heterocycles. The number of nitrogens with one attached hydrogen (secondary N) is 1. The number of nitrogen functional groups attached to an aromatic ring is 1. The standard InChI is InChI=1S/C19H20ClN5O8S2/c1-3-33-24-11(10-14(20)35-19(21)23-10)15(28)22-12-16(29)25-13(18(30)31)8(6-34-17(12)25)5-32-9(27)4-7(2)26/h12,17H,3-6H2,1-2H3,(H2,21,23)(H,22,28)(H,30,31)/t12-,17+/m1/s1. The summed E-state index contributed by atoms with van der Waals surface area (Å²) < 4.78 is 5.08. The number of amides is 2. The molecule has 0 radical (unpaired) electrons. The Kier molecular flexibility index (Phi) is 8.34. The molecule has 13 nitrogen and oxygen atoms in total. The summed E-state index contributed by atoms with van der Waals surface area (Å²) in [5.41, 5.74) is 5.20. The number of hydrogen-bond donors (Lipinski definition) is 3. The number of thioether (sulfide) groups is 1. The number of halogens is 1. The molecule has 1 fully saturated rings. The third-order valence-corrected chi connectivity index (χ3v) is 7.09. The minimum atomic E-state index is -1.39. The monoisotopic (exact) mass is 545 g/mol. The van der Waals surface area contributed by atoms with Gasteiger partial charge in [-0.05, 0) is 13.8 Å². The summed E-state index contributed by atoms with van der Waals surface area (Å²) in [5, 5.41) is 15.3. The summed E-state index contributed by atoms with van der Waals surface area (Å²) in [4.78, 5) is 70.3. The number of rotatable bonds is 10. The van der Waals surface area contributed by atoms with Crippen LogP contribution in [0.4, 0.5) is 5.13 Å². The maximum absolute atomic E-state index is 12.9. The number of aromatic nitrogens is 1. The van der Waals surface area contributed by atoms with Gasteiger partial charge < -0.3 is 25.7 Å². The normalized spacial score (nSPS) is 19.6. The summed E-state index contributed by atoms with van der Waals surface area (Å²) >= 11 is 8.19. The predicted molar refractivity (Wildman–Crippen MR) is 126 cm³/mol. The lowest BCUT2D eigenvalue weighted by molar-refractivity contribution is -0.150. The average molecular weight is 546 g/mol. The second kappa shape index (κ2) is 11.0. The summed E-state index contributed by atoms with van der Waals surface area (Å²) in [5.74, 6) is -3.97. The van der Waals surface area contributed by atoms with Crippen molar-refractivity contribution in [3.8, 4) is 0 Å². The van der Waals surface area contributed by atoms with E-state index in [1.807, 2.05) is 0 Å². The predicted octanol–water partition coefficient (Wildman–Crippen LogP) is 0.380. The highest BCUT2D eigenvalue weighted by molar-refractivity contribution is 8.00. The minimum absolute atomic E-state index is 0.0131. The lowest BCUT2D eigenvalue weighted by Crippen LogP contribution is -2.71. The molecule has 1 aromatic rings. The van der Waals surface area contributed by atoms with Gasteiger partial charge in [0.05, 0.1) is 0 Å². The van der Waals surface area contributed by atoms with Crippen molar-refractivity contribution in [2.45, 2.75) is 31.7 Å². The van der Waals surface area contributed by atoms with Crippen molar-refractivity contribution >= 4 is 75.1 Å². The first-order valence-corrected chi connectivity index (χ1v) is 12.3. The van der Waals surface area contributed by atoms with Crippen LogP contribution in [0.3, 0.4) is 0 Å². The number of oxime groups is 1. The molecule has 2 aliphatic heterocycles. The fourth-order valence-electron chi connectivity index (χ4n) is 3.21. The van der Waals surface area contributed by atoms with E-state index in [-0.39, 0.29) is 51.1 Å². The first-order valence-electron chi connectivity index (χ1n) is 10.0. The Hall–Kier alpha value is -3.17. The van der Waals surface area contributed by atoms with Crippen LogP contribution in [-0.2, 0) is 33.5 Å². The number of nitrogens with two attached hydrogens (primary N) is 1. The number of carbonyl (C=O) groups is 5. The van der Waals surface area contributed by atoms with Gasteiger partial charge >= 0.3 is 11.9 Å². The number of nitrogens with zero attached hydrogens (tertiary/aromatic N) is 3. The van der Waals surface area contributed by atoms with Crippen LogP contribution in [0.2, 0.25) is 4.34 Å². The van der Waals surface area contributed by atoms with Gasteiger partial charge in [-0.3, -0.25) is 24.1 Å². The number of aliphatic carboxylic acids is 1. The molecule has 0 aromatic carbocycles. The summed E-state index contributed by atoms with van der Waals surface area (Å²) in [7, 11) is 0. The van der Waals surface area contributed by atoms with E-state index in [2.05, 4.69) is 15.5 Å². The molecule has 1 saturated heterocycles. The zero-order valence-corrected chi connectivity index (χ0v) is 20.8. The number of β-lactam (4-membered cyclic amide) rings is 1. The van der Waals surface area contributed by atoms with Crippen LogP contribution >= 0.6 is 34.7 Å². The molecule has 188 valence electrons. The van der Waals surface area contributed by atoms with E-state index in [1.54, 1.807) is 6.92 Å². The quantitative estimate of drug-likeness (QED) is 0.121. The van der Waals surface area contributed by atoms with Crippen LogP contribution in [0.25, 0.3) is 0 Å². The molecule has 3 rings (SSSR count). The number of carbonyl (C=O) groups excluding carboxylic acids is 4. The Morgan fingerprint density at radius 3 is 2.66 bits per heavy atom. The number of ether oxygens (including phenoxy) is 1. The van der Waals surface area contributed by atoms with Crippen LogP contribution < -0.4 is 11.1 Å². The van der Waals surface area contributed by atoms with Crippen molar-refractivity contribution < 1.29 is 38.7 Å². The number of thiazole rings is 1. The number of hydrogen-bond acceptors (Lipinski definition) is 12. The van der Waals surface area contributed by atoms with Gasteiger partial charge in [0.15, 0.2) is 10.8 Å². The van der Waals surface area contributed by atoms with Crippen LogP contribution in [-0.4, -0.2) is 80.6 Å². The maximum atomic E-state index is 12.9. The van der Waals surface area contributed by atoms with Gasteiger partial charge in [0, 0.05) is 11.3 Å². The van der Waals surface area contributed by atoms with Crippen molar-refractivity contribution in [3.05, 3.63) is 21.3 Å². The number of carboxylic acids is 1. The highest BCUT2D eigenvalue weighted by Gasteiger charge is 2.54. The topological polar surface area (TPSA) is 191 Å². The lowest BCUT2D eigenvalue weighted by Gasteiger charge is -2.49. The average Bonchev–Trinajstić information content (AvgIpc) is 3.12. The van der Waals surface area contributed by atoms with Crippen LogP contribution in [0.15, 0.2) is 16.4 Å². The molecule has 0 bridgehead atoms. The maximum Gasteiger partial charge on any atom is 0.352 e. The van der Waals surface area contributed by atoms with Gasteiger partial charge in [-0.25, -0.2) is 9.78 Å². The van der Waals surface area contributed by atoms with Crippen molar-refractivity contribution in [2.75, 3.05) is 24.7 Å². The van der Waals surface area contributed by atoms with Crippen molar-refractivity contribution in [3.63, 3.8) is 0 Å². The van der Waals surface area contributed by atoms with Gasteiger partial charge in [-0.15, -0.1) is 11.8 Å². The Balaban J connectivity index is 1.76. The van der Waals surface area contributed by atoms with E-state index >= 15 is 0 Å². The van der Waals surface area contributed by atoms with Crippen molar-refractivity contribution in [1.29, 1.82) is 0 Å². The zero-order chi connectivity index (χ0) is 25.9. The number of Topliss-reactive ketones (excluding diaryl/α,β-unsaturated/α-hetero) is 1. The molecular formula is C19H20ClN5O8S2. The number of ketones is 1. The fraction of sp³-hybridized carbons (Fsp3) is 0.421. The van der Waals surface area contributed by atoms with E-state index in [4.69, 9.17) is 26.9 Å². The molecule has 4 N–H and O–H groups in total. The highest BCUT2D eigenvalue weighted by Crippen LogP contribution is 2.40. The van der Waals surface area contributed by atoms with Gasteiger partial charge in [-0.1, -0.05) is 28.1 Å². The molecule has 2 amide bonds. The van der Waals surface area contributed by atoms with Gasteiger partial charge in [0.25, 0.3) is 11.8 Å². The summed E-state index contributed by atoms with van der Waals surface area (Å²) in [6.07, 6.45) is -0.442. The largest absolute Gasteiger partial charge is 0.477 e. The number of carboxylic acid groups (broad SMARTS) is 1. The SMILES string of the molecule is CCON=C(C(=O)N[C@@H]1C(=O)N2C(C(=O)O)=C(COC(=O)CC(C)=O)CS[C@@H]12)c1nc(N)sc1Cl. The zero-order valence-electron chi connectivity index (χ0n) is 18.4. The Labute approximate surface area is 211 Å². The fourth-order valence-corrected chi connectivity index (χ4v) is 5.47. The molecule has 0 spiro atoms. The van der Waals surface area contributed by atoms with E-state index < -0.39 is 47.4 Å². The summed E-state index contributed by atoms with van der Waals surface area (Å²) in [6, 6.07) is -1.06. The Morgan fingerprint density at radius 2 is 2.09 bits per heavy atom.